The van der Waals surface area contributed by atoms with E-state index in [4.69, 9.17) is 29.4 Å². The fourth-order valence-corrected chi connectivity index (χ4v) is 13.2. The molecule has 1 aliphatic heterocycles. The van der Waals surface area contributed by atoms with Crippen LogP contribution in [0.1, 0.15) is 114 Å². The molecule has 0 amide bonds. The van der Waals surface area contributed by atoms with Gasteiger partial charge in [0.05, 0.1) is 70.8 Å². The summed E-state index contributed by atoms with van der Waals surface area (Å²) in [6.07, 6.45) is 12.5. The number of fused-ring (bicyclic) bond motifs is 3. The van der Waals surface area contributed by atoms with Gasteiger partial charge in [-0.1, -0.05) is 270 Å². The molecule has 0 spiro atoms. The van der Waals surface area contributed by atoms with Gasteiger partial charge in [0.15, 0.2) is 0 Å². The number of ether oxygens (including phenoxy) is 2. The van der Waals surface area contributed by atoms with Gasteiger partial charge in [0.2, 0.25) is 0 Å². The topological polar surface area (TPSA) is 126 Å². The molecule has 90 heavy (non-hydrogen) atoms. The van der Waals surface area contributed by atoms with Crippen molar-refractivity contribution in [1.29, 1.82) is 10.5 Å². The monoisotopic (exact) mass is 1180 g/mol. The summed E-state index contributed by atoms with van der Waals surface area (Å²) in [5.41, 5.74) is 12.2. The second-order valence-corrected chi connectivity index (χ2v) is 23.6. The molecule has 0 radical (unpaired) electrons. The minimum atomic E-state index is -0.962. The number of benzene rings is 8. The molecule has 0 bridgehead atoms. The van der Waals surface area contributed by atoms with E-state index in [1.807, 2.05) is 72.8 Å². The largest absolute Gasteiger partial charge is 0.493 e. The van der Waals surface area contributed by atoms with Crippen LogP contribution in [0.15, 0.2) is 231 Å². The Balaban J connectivity index is 1.20. The molecule has 4 atom stereocenters. The highest BCUT2D eigenvalue weighted by molar-refractivity contribution is 6.85. The van der Waals surface area contributed by atoms with Gasteiger partial charge >= 0.3 is 13.7 Å². The molecule has 0 saturated heterocycles. The molecule has 1 aliphatic rings. The number of aromatic nitrogens is 5. The highest BCUT2D eigenvalue weighted by Crippen LogP contribution is 2.46. The molecule has 8 aromatic carbocycles. The Morgan fingerprint density at radius 3 is 1.44 bits per heavy atom. The van der Waals surface area contributed by atoms with E-state index in [0.717, 1.165) is 105 Å². The third-order valence-corrected chi connectivity index (χ3v) is 17.9. The Morgan fingerprint density at radius 2 is 0.978 bits per heavy atom. The van der Waals surface area contributed by atoms with Gasteiger partial charge in [0, 0.05) is 34.3 Å². The van der Waals surface area contributed by atoms with E-state index in [1.165, 1.54) is 12.8 Å². The van der Waals surface area contributed by atoms with Gasteiger partial charge in [-0.2, -0.15) is 10.5 Å². The van der Waals surface area contributed by atoms with Crippen LogP contribution in [0.2, 0.25) is 0 Å². The van der Waals surface area contributed by atoms with Crippen molar-refractivity contribution in [3.05, 3.63) is 264 Å². The third-order valence-electron chi connectivity index (χ3n) is 17.9. The van der Waals surface area contributed by atoms with E-state index >= 15 is 0 Å². The average molecular weight is 1180 g/mol. The summed E-state index contributed by atoms with van der Waals surface area (Å²) < 4.78 is 15.3. The number of hydrogen-bond donors (Lipinski definition) is 0. The Hall–Kier alpha value is -10.0. The molecule has 0 aliphatic carbocycles. The highest BCUT2D eigenvalue weighted by Gasteiger charge is 2.49. The molecular formula is C78H74B2N8O2. The van der Waals surface area contributed by atoms with Crippen molar-refractivity contribution in [3.63, 3.8) is 0 Å². The first kappa shape index (κ1) is 60.3. The van der Waals surface area contributed by atoms with Gasteiger partial charge in [0.1, 0.15) is 34.8 Å². The maximum Gasteiger partial charge on any atom is 0.328 e. The van der Waals surface area contributed by atoms with Gasteiger partial charge < -0.3 is 18.8 Å². The molecule has 11 aromatic rings. The molecule has 0 saturated carbocycles. The van der Waals surface area contributed by atoms with E-state index < -0.39 is 25.7 Å². The van der Waals surface area contributed by atoms with Crippen LogP contribution in [0.5, 0.6) is 11.5 Å². The van der Waals surface area contributed by atoms with Crippen LogP contribution >= 0.6 is 0 Å². The Bertz CT molecular complexity index is 4370. The van der Waals surface area contributed by atoms with E-state index in [-0.39, 0.29) is 0 Å². The molecule has 12 rings (SSSR count). The first-order valence-corrected chi connectivity index (χ1v) is 32.1. The molecule has 4 unspecified atom stereocenters. The van der Waals surface area contributed by atoms with Gasteiger partial charge in [-0.05, 0) is 60.1 Å². The van der Waals surface area contributed by atoms with Crippen molar-refractivity contribution in [3.8, 4) is 34.9 Å². The van der Waals surface area contributed by atoms with Gasteiger partial charge in [0.25, 0.3) is 0 Å². The van der Waals surface area contributed by atoms with Crippen molar-refractivity contribution >= 4 is 68.9 Å². The van der Waals surface area contributed by atoms with E-state index in [0.29, 0.717) is 69.4 Å². The molecular weight excluding hydrogens is 1100 g/mol. The first-order chi connectivity index (χ1) is 44.4. The molecule has 0 N–H and O–H groups in total. The third kappa shape index (κ3) is 12.5. The summed E-state index contributed by atoms with van der Waals surface area (Å²) in [6.45, 7) is 9.15. The van der Waals surface area contributed by atoms with E-state index in [1.54, 1.807) is 12.4 Å². The van der Waals surface area contributed by atoms with Gasteiger partial charge in [-0.15, -0.1) is 0 Å². The van der Waals surface area contributed by atoms with Crippen molar-refractivity contribution in [2.45, 2.75) is 91.0 Å². The van der Waals surface area contributed by atoms with Crippen LogP contribution in [0.25, 0.3) is 44.6 Å². The molecule has 12 heteroatoms. The van der Waals surface area contributed by atoms with Crippen LogP contribution in [-0.2, 0) is 0 Å². The summed E-state index contributed by atoms with van der Waals surface area (Å²) >= 11 is 0. The Morgan fingerprint density at radius 1 is 0.522 bits per heavy atom. The van der Waals surface area contributed by atoms with Crippen molar-refractivity contribution in [1.82, 2.24) is 29.2 Å². The summed E-state index contributed by atoms with van der Waals surface area (Å²) in [4.78, 5) is 23.6. The molecule has 4 heterocycles. The minimum Gasteiger partial charge on any atom is -0.493 e. The van der Waals surface area contributed by atoms with Crippen molar-refractivity contribution in [2.24, 2.45) is 11.8 Å². The predicted molar refractivity (Wildman–Crippen MR) is 367 cm³/mol. The second kappa shape index (κ2) is 28.4. The zero-order valence-electron chi connectivity index (χ0n) is 51.9. The summed E-state index contributed by atoms with van der Waals surface area (Å²) in [6, 6.07) is 79.8. The lowest BCUT2D eigenvalue weighted by Crippen LogP contribution is -2.58. The van der Waals surface area contributed by atoms with Crippen LogP contribution in [0, 0.1) is 34.5 Å². The molecule has 10 nitrogen and oxygen atoms in total. The standard InChI is InChI=1S/C78H74B2N8O2/c1-5-9-29-55(7-3)53-89-63-43-45-67-69(47-63)83-51-71(85-67)65(49-81)77-73-74(76(58-33-19-12-20-34-58)87(77)79(59-35-21-13-22-36-59)60-37-23-14-24-38-60)78(66(50-82)72-52-84-70-48-64(44-46-68(70)86-72)90-54-56(8-4)30-10-6-2)88(75(73)57-31-17-11-18-32-57)80(61-39-25-15-26-40-61)62-41-27-16-28-42-62/h11-28,31-48,51-52,55-56,65,77H,5-10,29-30,53-54H2,1-4H3/b78-66-. The fraction of sp³-hybridized carbons (Fsp3) is 0.231. The highest BCUT2D eigenvalue weighted by atomic mass is 16.5. The summed E-state index contributed by atoms with van der Waals surface area (Å²) in [5, 5.41) is 26.4. The molecule has 0 fully saturated rings. The smallest absolute Gasteiger partial charge is 0.328 e. The van der Waals surface area contributed by atoms with Crippen LogP contribution < -0.4 is 41.9 Å². The number of nitriles is 2. The summed E-state index contributed by atoms with van der Waals surface area (Å²) in [5.74, 6) is 1.42. The normalized spacial score (nSPS) is 14.1. The number of unbranched alkanes of at least 4 members (excludes halogenated alkanes) is 2. The zero-order chi connectivity index (χ0) is 61.8. The maximum absolute atomic E-state index is 12.5. The van der Waals surface area contributed by atoms with Gasteiger partial charge in [-0.25, -0.2) is 9.97 Å². The predicted octanol–water partition coefficient (Wildman–Crippen LogP) is 13.2. The first-order valence-electron chi connectivity index (χ1n) is 32.1. The second-order valence-electron chi connectivity index (χ2n) is 23.6. The maximum atomic E-state index is 12.5. The van der Waals surface area contributed by atoms with Crippen molar-refractivity contribution in [2.75, 3.05) is 13.2 Å². The molecule has 444 valence electrons. The van der Waals surface area contributed by atoms with E-state index in [2.05, 4.69) is 195 Å². The van der Waals surface area contributed by atoms with Crippen LogP contribution in [-0.4, -0.2) is 56.1 Å². The average Bonchev–Trinajstić information content (AvgIpc) is 1.52. The Labute approximate surface area is 530 Å². The lowest BCUT2D eigenvalue weighted by molar-refractivity contribution is 0.233. The lowest BCUT2D eigenvalue weighted by atomic mass is 9.48. The quantitative estimate of drug-likeness (QED) is 0.0514. The SMILES string of the molecule is CCCCC(CC)COc1ccc2nc(/C(C#N)=c3/c4c(c(-c5ccccc5)n3B(c3ccccc3)c3ccccc3)C(C(C#N)c3cnc5cc(OCC(CC)CCCC)ccc5n3)N(B(c3ccccc3)c3ccccc3)C=4c3ccccc3)cnc2c1. The zero-order valence-corrected chi connectivity index (χ0v) is 51.9. The lowest BCUT2D eigenvalue weighted by Gasteiger charge is -2.39. The minimum absolute atomic E-state index is 0.319. The Kier molecular flexibility index (Phi) is 19.0. The summed E-state index contributed by atoms with van der Waals surface area (Å²) in [7, 11) is 0. The number of hydrogen-bond acceptors (Lipinski definition) is 9. The van der Waals surface area contributed by atoms with Crippen LogP contribution in [0.4, 0.5) is 0 Å². The fourth-order valence-electron chi connectivity index (χ4n) is 13.2. The van der Waals surface area contributed by atoms with E-state index in [9.17, 15) is 10.5 Å². The molecule has 3 aromatic heterocycles. The number of rotatable bonds is 25. The van der Waals surface area contributed by atoms with Crippen molar-refractivity contribution < 1.29 is 9.47 Å². The van der Waals surface area contributed by atoms with Gasteiger partial charge in [-0.3, -0.25) is 9.97 Å². The number of nitrogens with zero attached hydrogens (tertiary/aromatic N) is 8. The van der Waals surface area contributed by atoms with Crippen LogP contribution in [0.3, 0.4) is 0 Å².